The van der Waals surface area contributed by atoms with E-state index in [1.54, 1.807) is 40.0 Å². The third-order valence-electron chi connectivity index (χ3n) is 6.54. The Hall–Kier alpha value is -3.81. The molecule has 2 aromatic rings. The highest BCUT2D eigenvalue weighted by atomic mass is 16.6. The highest BCUT2D eigenvalue weighted by Gasteiger charge is 2.45. The van der Waals surface area contributed by atoms with Gasteiger partial charge in [0.05, 0.1) is 18.1 Å². The zero-order chi connectivity index (χ0) is 25.3. The van der Waals surface area contributed by atoms with E-state index in [0.717, 1.165) is 11.3 Å². The van der Waals surface area contributed by atoms with Gasteiger partial charge in [0.25, 0.3) is 5.69 Å². The van der Waals surface area contributed by atoms with Gasteiger partial charge in [-0.05, 0) is 56.4 Å². The number of rotatable bonds is 6. The molecule has 0 amide bonds. The van der Waals surface area contributed by atoms with Crippen LogP contribution in [0.5, 0.6) is 5.75 Å². The van der Waals surface area contributed by atoms with Gasteiger partial charge < -0.3 is 9.47 Å². The van der Waals surface area contributed by atoms with Gasteiger partial charge in [0.15, 0.2) is 5.78 Å². The van der Waals surface area contributed by atoms with Crippen LogP contribution in [0, 0.1) is 16.0 Å². The molecule has 0 spiro atoms. The lowest BCUT2D eigenvalue weighted by atomic mass is 9.69. The van der Waals surface area contributed by atoms with Crippen LogP contribution in [0.1, 0.15) is 56.6 Å². The number of carbonyl (C=O) groups is 2. The Kier molecular flexibility index (Phi) is 6.82. The molecule has 0 saturated carbocycles. The molecule has 0 radical (unpaired) electrons. The van der Waals surface area contributed by atoms with E-state index in [1.807, 2.05) is 24.3 Å². The van der Waals surface area contributed by atoms with Crippen molar-refractivity contribution >= 4 is 23.2 Å². The van der Waals surface area contributed by atoms with Gasteiger partial charge in [-0.1, -0.05) is 24.3 Å². The van der Waals surface area contributed by atoms with Gasteiger partial charge >= 0.3 is 5.97 Å². The first-order chi connectivity index (χ1) is 16.7. The number of benzene rings is 2. The second kappa shape index (κ2) is 9.82. The van der Waals surface area contributed by atoms with E-state index in [9.17, 15) is 19.7 Å². The lowest BCUT2D eigenvalue weighted by molar-refractivity contribution is -0.384. The minimum absolute atomic E-state index is 0.0413. The number of hydrogen-bond acceptors (Lipinski definition) is 7. The second-order valence-electron chi connectivity index (χ2n) is 9.20. The number of ketones is 1. The lowest BCUT2D eigenvalue weighted by Crippen LogP contribution is -2.38. The van der Waals surface area contributed by atoms with Crippen LogP contribution in [0.25, 0.3) is 0 Å². The molecule has 35 heavy (non-hydrogen) atoms. The van der Waals surface area contributed by atoms with Crippen molar-refractivity contribution in [1.29, 1.82) is 0 Å². The maximum absolute atomic E-state index is 13.6. The van der Waals surface area contributed by atoms with E-state index in [0.29, 0.717) is 29.0 Å². The molecule has 182 valence electrons. The van der Waals surface area contributed by atoms with Crippen molar-refractivity contribution in [3.05, 3.63) is 81.0 Å². The van der Waals surface area contributed by atoms with Gasteiger partial charge in [0.1, 0.15) is 11.7 Å². The van der Waals surface area contributed by atoms with Gasteiger partial charge in [-0.3, -0.25) is 24.7 Å². The number of Topliss-reactive ketones (excluding diaryl/α,β-unsaturated/α-hetero) is 1. The van der Waals surface area contributed by atoms with Crippen molar-refractivity contribution in [3.63, 3.8) is 0 Å². The Balaban J connectivity index is 1.77. The maximum atomic E-state index is 13.6. The van der Waals surface area contributed by atoms with Gasteiger partial charge in [-0.25, -0.2) is 0 Å². The number of non-ortho nitro benzene ring substituents is 1. The number of nitro groups is 1. The number of allylic oxidation sites excluding steroid dienone is 2. The standard InChI is InChI=1S/C27H28N2O6/c1-15(2)35-27(31)24-16(3)28-22-13-19(17-7-11-21(34-4)12-8-17)14-23(30)26(22)25(24)18-5-9-20(10-6-18)29(32)33/h5-12,15,19,24-25H,13-14H2,1-4H3/t19-,24?,25+/m1/s1. The zero-order valence-corrected chi connectivity index (χ0v) is 20.2. The molecule has 3 atom stereocenters. The van der Waals surface area contributed by atoms with Crippen LogP contribution in [-0.2, 0) is 14.3 Å². The quantitative estimate of drug-likeness (QED) is 0.325. The number of esters is 1. The molecule has 0 saturated heterocycles. The minimum atomic E-state index is -0.779. The molecule has 0 aromatic heterocycles. The summed E-state index contributed by atoms with van der Waals surface area (Å²) in [4.78, 5) is 42.2. The molecule has 0 N–H and O–H groups in total. The van der Waals surface area contributed by atoms with Crippen molar-refractivity contribution in [2.24, 2.45) is 10.9 Å². The van der Waals surface area contributed by atoms with Crippen molar-refractivity contribution in [2.75, 3.05) is 7.11 Å². The van der Waals surface area contributed by atoms with Crippen LogP contribution in [0.3, 0.4) is 0 Å². The number of hydrogen-bond donors (Lipinski definition) is 0. The SMILES string of the molecule is COc1ccc([C@H]2CC(=O)C3=C(C2)N=C(C)C(C(=O)OC(C)C)[C@@H]3c2ccc([N+](=O)[O-])cc2)cc1. The molecular weight excluding hydrogens is 448 g/mol. The Morgan fingerprint density at radius 2 is 1.69 bits per heavy atom. The Labute approximate surface area is 203 Å². The summed E-state index contributed by atoms with van der Waals surface area (Å²) in [5.74, 6) is -1.22. The highest BCUT2D eigenvalue weighted by molar-refractivity contribution is 6.09. The molecule has 2 aliphatic rings. The average Bonchev–Trinajstić information content (AvgIpc) is 2.82. The van der Waals surface area contributed by atoms with Crippen LogP contribution in [0.4, 0.5) is 5.69 Å². The molecule has 1 aliphatic heterocycles. The zero-order valence-electron chi connectivity index (χ0n) is 20.2. The molecule has 8 heteroatoms. The Morgan fingerprint density at radius 3 is 2.26 bits per heavy atom. The smallest absolute Gasteiger partial charge is 0.315 e. The molecule has 4 rings (SSSR count). The van der Waals surface area contributed by atoms with E-state index in [-0.39, 0.29) is 29.9 Å². The summed E-state index contributed by atoms with van der Waals surface area (Å²) in [5.41, 5.74) is 3.35. The topological polar surface area (TPSA) is 108 Å². The molecule has 0 bridgehead atoms. The van der Waals surface area contributed by atoms with Crippen LogP contribution in [0.2, 0.25) is 0 Å². The molecular formula is C27H28N2O6. The van der Waals surface area contributed by atoms with Crippen molar-refractivity contribution in [3.8, 4) is 5.75 Å². The number of nitrogens with zero attached hydrogens (tertiary/aromatic N) is 2. The summed E-state index contributed by atoms with van der Waals surface area (Å²) in [7, 11) is 1.61. The molecule has 1 aliphatic carbocycles. The van der Waals surface area contributed by atoms with Crippen molar-refractivity contribution in [1.82, 2.24) is 0 Å². The third-order valence-corrected chi connectivity index (χ3v) is 6.54. The number of aliphatic imine (C=N–C) groups is 1. The van der Waals surface area contributed by atoms with Gasteiger partial charge in [0.2, 0.25) is 0 Å². The predicted molar refractivity (Wildman–Crippen MR) is 131 cm³/mol. The molecule has 2 aromatic carbocycles. The summed E-state index contributed by atoms with van der Waals surface area (Å²) in [6.07, 6.45) is 0.514. The third kappa shape index (κ3) is 4.87. The Bertz CT molecular complexity index is 1210. The molecule has 0 fully saturated rings. The predicted octanol–water partition coefficient (Wildman–Crippen LogP) is 5.13. The first kappa shape index (κ1) is 24.3. The van der Waals surface area contributed by atoms with Gasteiger partial charge in [-0.2, -0.15) is 0 Å². The summed E-state index contributed by atoms with van der Waals surface area (Å²) >= 11 is 0. The number of ether oxygens (including phenoxy) is 2. The van der Waals surface area contributed by atoms with Crippen LogP contribution in [0.15, 0.2) is 64.8 Å². The summed E-state index contributed by atoms with van der Waals surface area (Å²) in [6, 6.07) is 13.7. The van der Waals surface area contributed by atoms with E-state index >= 15 is 0 Å². The van der Waals surface area contributed by atoms with Crippen LogP contribution < -0.4 is 4.74 Å². The normalized spacial score (nSPS) is 21.9. The fourth-order valence-electron chi connectivity index (χ4n) is 4.95. The van der Waals surface area contributed by atoms with E-state index in [1.165, 1.54) is 12.1 Å². The van der Waals surface area contributed by atoms with Gasteiger partial charge in [-0.15, -0.1) is 0 Å². The van der Waals surface area contributed by atoms with E-state index in [2.05, 4.69) is 0 Å². The van der Waals surface area contributed by atoms with Crippen molar-refractivity contribution in [2.45, 2.75) is 51.6 Å². The summed E-state index contributed by atoms with van der Waals surface area (Å²) in [6.45, 7) is 5.31. The lowest BCUT2D eigenvalue weighted by Gasteiger charge is -2.36. The number of methoxy groups -OCH3 is 1. The fraction of sp³-hybridized carbons (Fsp3) is 0.370. The average molecular weight is 477 g/mol. The molecule has 1 heterocycles. The van der Waals surface area contributed by atoms with Crippen molar-refractivity contribution < 1.29 is 24.0 Å². The fourth-order valence-corrected chi connectivity index (χ4v) is 4.95. The summed E-state index contributed by atoms with van der Waals surface area (Å²) < 4.78 is 10.8. The van der Waals surface area contributed by atoms with Crippen LogP contribution in [-0.4, -0.2) is 35.6 Å². The molecule has 1 unspecified atom stereocenters. The Morgan fingerprint density at radius 1 is 1.06 bits per heavy atom. The first-order valence-corrected chi connectivity index (χ1v) is 11.6. The number of carbonyl (C=O) groups excluding carboxylic acids is 2. The minimum Gasteiger partial charge on any atom is -0.497 e. The second-order valence-corrected chi connectivity index (χ2v) is 9.20. The maximum Gasteiger partial charge on any atom is 0.315 e. The number of nitro benzene ring substituents is 1. The molecule has 8 nitrogen and oxygen atoms in total. The van der Waals surface area contributed by atoms with Crippen LogP contribution >= 0.6 is 0 Å². The summed E-state index contributed by atoms with van der Waals surface area (Å²) in [5, 5.41) is 11.2. The monoisotopic (exact) mass is 476 g/mol. The van der Waals surface area contributed by atoms with E-state index in [4.69, 9.17) is 14.5 Å². The largest absolute Gasteiger partial charge is 0.497 e. The highest BCUT2D eigenvalue weighted by Crippen LogP contribution is 2.47. The van der Waals surface area contributed by atoms with Gasteiger partial charge in [0, 0.05) is 41.5 Å². The van der Waals surface area contributed by atoms with E-state index < -0.39 is 22.7 Å². The first-order valence-electron chi connectivity index (χ1n) is 11.6.